The fourth-order valence-corrected chi connectivity index (χ4v) is 3.60. The lowest BCUT2D eigenvalue weighted by Crippen LogP contribution is -2.40. The molecular formula is C18H17NO3. The number of furan rings is 1. The molecule has 1 aliphatic heterocycles. The van der Waals surface area contributed by atoms with Gasteiger partial charge in [-0.05, 0) is 30.0 Å². The monoisotopic (exact) mass is 295 g/mol. The zero-order valence-electron chi connectivity index (χ0n) is 12.2. The van der Waals surface area contributed by atoms with E-state index in [1.165, 1.54) is 5.56 Å². The van der Waals surface area contributed by atoms with E-state index < -0.39 is 11.2 Å². The molecule has 2 aliphatic rings. The molecule has 2 aromatic rings. The number of fused-ring (bicyclic) bond motifs is 1. The van der Waals surface area contributed by atoms with Crippen molar-refractivity contribution in [2.24, 2.45) is 0 Å². The predicted molar refractivity (Wildman–Crippen MR) is 79.0 cm³/mol. The number of benzene rings is 1. The van der Waals surface area contributed by atoms with Crippen LogP contribution in [0, 0.1) is 11.3 Å². The maximum atomic E-state index is 9.72. The molecule has 1 aliphatic carbocycles. The number of rotatable bonds is 4. The van der Waals surface area contributed by atoms with Crippen molar-refractivity contribution in [2.45, 2.75) is 30.5 Å². The minimum Gasteiger partial charge on any atom is -0.472 e. The molecular weight excluding hydrogens is 278 g/mol. The predicted octanol–water partition coefficient (Wildman–Crippen LogP) is 3.28. The zero-order valence-corrected chi connectivity index (χ0v) is 12.2. The van der Waals surface area contributed by atoms with E-state index in [0.29, 0.717) is 26.1 Å². The second-order valence-electron chi connectivity index (χ2n) is 5.99. The summed E-state index contributed by atoms with van der Waals surface area (Å²) in [7, 11) is 0. The molecule has 0 bridgehead atoms. The Balaban J connectivity index is 1.58. The van der Waals surface area contributed by atoms with Crippen LogP contribution in [0.3, 0.4) is 0 Å². The third kappa shape index (κ3) is 1.90. The molecule has 1 atom stereocenters. The summed E-state index contributed by atoms with van der Waals surface area (Å²) < 4.78 is 17.0. The van der Waals surface area contributed by atoms with Gasteiger partial charge in [0, 0.05) is 12.0 Å². The van der Waals surface area contributed by atoms with E-state index in [1.807, 2.05) is 18.2 Å². The Kier molecular flexibility index (Phi) is 3.07. The van der Waals surface area contributed by atoms with E-state index in [0.717, 1.165) is 17.5 Å². The lowest BCUT2D eigenvalue weighted by Gasteiger charge is -2.40. The van der Waals surface area contributed by atoms with Gasteiger partial charge < -0.3 is 13.9 Å². The SMILES string of the molecule is N#CC1(CCC2(c3ccoc3)OCCO2)Cc2ccccc21. The molecule has 1 saturated heterocycles. The van der Waals surface area contributed by atoms with E-state index in [9.17, 15) is 5.26 Å². The van der Waals surface area contributed by atoms with Crippen molar-refractivity contribution in [1.29, 1.82) is 5.26 Å². The molecule has 1 aromatic heterocycles. The van der Waals surface area contributed by atoms with Crippen molar-refractivity contribution >= 4 is 0 Å². The van der Waals surface area contributed by atoms with Crippen LogP contribution in [0.2, 0.25) is 0 Å². The summed E-state index contributed by atoms with van der Waals surface area (Å²) in [6.07, 6.45) is 5.46. The summed E-state index contributed by atoms with van der Waals surface area (Å²) in [6, 6.07) is 12.6. The third-order valence-electron chi connectivity index (χ3n) is 4.83. The van der Waals surface area contributed by atoms with Crippen LogP contribution < -0.4 is 0 Å². The summed E-state index contributed by atoms with van der Waals surface area (Å²) in [5, 5.41) is 9.72. The summed E-state index contributed by atoms with van der Waals surface area (Å²) in [5.74, 6) is -0.763. The van der Waals surface area contributed by atoms with Gasteiger partial charge in [0.2, 0.25) is 0 Å². The fourth-order valence-electron chi connectivity index (χ4n) is 3.60. The van der Waals surface area contributed by atoms with Gasteiger partial charge in [-0.15, -0.1) is 0 Å². The van der Waals surface area contributed by atoms with Crippen LogP contribution in [-0.4, -0.2) is 13.2 Å². The summed E-state index contributed by atoms with van der Waals surface area (Å²) in [6.45, 7) is 1.14. The van der Waals surface area contributed by atoms with Crippen molar-refractivity contribution in [2.75, 3.05) is 13.2 Å². The van der Waals surface area contributed by atoms with Crippen molar-refractivity contribution in [3.05, 3.63) is 59.5 Å². The highest BCUT2D eigenvalue weighted by Crippen LogP contribution is 2.47. The number of ether oxygens (including phenoxy) is 2. The second kappa shape index (κ2) is 4.98. The number of hydrogen-bond donors (Lipinski definition) is 0. The van der Waals surface area contributed by atoms with E-state index in [-0.39, 0.29) is 0 Å². The van der Waals surface area contributed by atoms with Gasteiger partial charge in [-0.25, -0.2) is 0 Å². The van der Waals surface area contributed by atoms with Crippen LogP contribution in [-0.2, 0) is 27.1 Å². The Hall–Kier alpha value is -2.09. The highest BCUT2D eigenvalue weighted by molar-refractivity contribution is 5.50. The molecule has 2 heterocycles. The quantitative estimate of drug-likeness (QED) is 0.868. The van der Waals surface area contributed by atoms with E-state index in [1.54, 1.807) is 12.5 Å². The van der Waals surface area contributed by atoms with Crippen LogP contribution in [0.15, 0.2) is 47.3 Å². The van der Waals surface area contributed by atoms with E-state index >= 15 is 0 Å². The minimum absolute atomic E-state index is 0.414. The van der Waals surface area contributed by atoms with Crippen molar-refractivity contribution in [3.63, 3.8) is 0 Å². The molecule has 0 amide bonds. The normalized spacial score (nSPS) is 25.2. The smallest absolute Gasteiger partial charge is 0.198 e. The molecule has 0 saturated carbocycles. The Labute approximate surface area is 129 Å². The summed E-state index contributed by atoms with van der Waals surface area (Å²) in [5.41, 5.74) is 2.90. The molecule has 1 fully saturated rings. The zero-order chi connectivity index (χ0) is 15.0. The largest absolute Gasteiger partial charge is 0.472 e. The molecule has 4 rings (SSSR count). The fraction of sp³-hybridized carbons (Fsp3) is 0.389. The molecule has 4 nitrogen and oxygen atoms in total. The molecule has 112 valence electrons. The lowest BCUT2D eigenvalue weighted by atomic mass is 9.62. The Morgan fingerprint density at radius 1 is 1.09 bits per heavy atom. The summed E-state index contributed by atoms with van der Waals surface area (Å²) in [4.78, 5) is 0. The topological polar surface area (TPSA) is 55.4 Å². The van der Waals surface area contributed by atoms with Crippen molar-refractivity contribution in [1.82, 2.24) is 0 Å². The van der Waals surface area contributed by atoms with Crippen LogP contribution in [0.25, 0.3) is 0 Å². The van der Waals surface area contributed by atoms with Gasteiger partial charge >= 0.3 is 0 Å². The van der Waals surface area contributed by atoms with Crippen LogP contribution in [0.4, 0.5) is 0 Å². The van der Waals surface area contributed by atoms with Gasteiger partial charge in [0.1, 0.15) is 0 Å². The molecule has 0 N–H and O–H groups in total. The first-order chi connectivity index (χ1) is 10.8. The second-order valence-corrected chi connectivity index (χ2v) is 5.99. The van der Waals surface area contributed by atoms with Gasteiger partial charge in [-0.1, -0.05) is 24.3 Å². The van der Waals surface area contributed by atoms with E-state index in [2.05, 4.69) is 18.2 Å². The van der Waals surface area contributed by atoms with Gasteiger partial charge in [0.05, 0.1) is 37.2 Å². The first-order valence-electron chi connectivity index (χ1n) is 7.58. The van der Waals surface area contributed by atoms with Crippen LogP contribution in [0.5, 0.6) is 0 Å². The standard InChI is InChI=1S/C18H17NO3/c19-13-17(11-14-3-1-2-4-16(14)17)6-7-18(21-9-10-22-18)15-5-8-20-12-15/h1-5,8,12H,6-7,9-11H2. The maximum absolute atomic E-state index is 9.72. The first kappa shape index (κ1) is 13.6. The Morgan fingerprint density at radius 2 is 1.91 bits per heavy atom. The third-order valence-corrected chi connectivity index (χ3v) is 4.83. The first-order valence-corrected chi connectivity index (χ1v) is 7.58. The average molecular weight is 295 g/mol. The van der Waals surface area contributed by atoms with Gasteiger partial charge in [0.25, 0.3) is 0 Å². The molecule has 0 spiro atoms. The molecule has 4 heteroatoms. The van der Waals surface area contributed by atoms with Crippen LogP contribution >= 0.6 is 0 Å². The maximum Gasteiger partial charge on any atom is 0.198 e. The molecule has 1 aromatic carbocycles. The van der Waals surface area contributed by atoms with Gasteiger partial charge in [-0.2, -0.15) is 5.26 Å². The van der Waals surface area contributed by atoms with Crippen LogP contribution in [0.1, 0.15) is 29.5 Å². The van der Waals surface area contributed by atoms with Crippen molar-refractivity contribution in [3.8, 4) is 6.07 Å². The Bertz CT molecular complexity index is 710. The molecule has 0 radical (unpaired) electrons. The minimum atomic E-state index is -0.763. The lowest BCUT2D eigenvalue weighted by molar-refractivity contribution is -0.173. The Morgan fingerprint density at radius 3 is 2.59 bits per heavy atom. The van der Waals surface area contributed by atoms with Gasteiger partial charge in [-0.3, -0.25) is 0 Å². The molecule has 22 heavy (non-hydrogen) atoms. The highest BCUT2D eigenvalue weighted by Gasteiger charge is 2.47. The number of nitrogens with zero attached hydrogens (tertiary/aromatic N) is 1. The number of nitriles is 1. The summed E-state index contributed by atoms with van der Waals surface area (Å²) >= 11 is 0. The van der Waals surface area contributed by atoms with Gasteiger partial charge in [0.15, 0.2) is 5.79 Å². The van der Waals surface area contributed by atoms with Crippen molar-refractivity contribution < 1.29 is 13.9 Å². The number of hydrogen-bond acceptors (Lipinski definition) is 4. The van der Waals surface area contributed by atoms with E-state index in [4.69, 9.17) is 13.9 Å². The molecule has 1 unspecified atom stereocenters. The highest BCUT2D eigenvalue weighted by atomic mass is 16.7. The average Bonchev–Trinajstić information content (AvgIpc) is 3.20.